The predicted molar refractivity (Wildman–Crippen MR) is 68.6 cm³/mol. The van der Waals surface area contributed by atoms with Crippen LogP contribution in [0.15, 0.2) is 0 Å². The summed E-state index contributed by atoms with van der Waals surface area (Å²) in [5.41, 5.74) is 0. The maximum atomic E-state index is 9.84. The molecule has 23 heavy (non-hydrogen) atoms. The molecule has 136 valence electrons. The minimum atomic E-state index is -1.72. The third kappa shape index (κ3) is 3.65. The molecule has 0 spiro atoms. The van der Waals surface area contributed by atoms with E-state index in [-0.39, 0.29) is 0 Å². The zero-order valence-electron chi connectivity index (χ0n) is 12.0. The maximum Gasteiger partial charge on any atom is 0.189 e. The van der Waals surface area contributed by atoms with Crippen LogP contribution in [0.25, 0.3) is 0 Å². The molecule has 0 bridgehead atoms. The van der Waals surface area contributed by atoms with Gasteiger partial charge in [-0.3, -0.25) is 0 Å². The summed E-state index contributed by atoms with van der Waals surface area (Å²) < 4.78 is 15.3. The number of hydrogen-bond donors (Lipinski definition) is 8. The molecule has 2 fully saturated rings. The summed E-state index contributed by atoms with van der Waals surface area (Å²) in [5, 5.41) is 76.4. The van der Waals surface area contributed by atoms with Gasteiger partial charge in [0.05, 0.1) is 13.2 Å². The molecule has 2 aliphatic heterocycles. The van der Waals surface area contributed by atoms with Crippen molar-refractivity contribution in [1.82, 2.24) is 0 Å². The Morgan fingerprint density at radius 2 is 0.913 bits per heavy atom. The molecule has 0 aromatic heterocycles. The van der Waals surface area contributed by atoms with E-state index in [1.54, 1.807) is 0 Å². The molecule has 0 radical (unpaired) electrons. The molecular formula is C12H22O11. The zero-order chi connectivity index (χ0) is 17.3. The highest BCUT2D eigenvalue weighted by atomic mass is 16.8. The van der Waals surface area contributed by atoms with Crippen molar-refractivity contribution in [1.29, 1.82) is 0 Å². The fraction of sp³-hybridized carbons (Fsp3) is 1.00. The molecule has 1 unspecified atom stereocenters. The largest absolute Gasteiger partial charge is 0.394 e. The van der Waals surface area contributed by atoms with E-state index in [1.165, 1.54) is 0 Å². The monoisotopic (exact) mass is 342 g/mol. The van der Waals surface area contributed by atoms with Gasteiger partial charge >= 0.3 is 0 Å². The third-order valence-corrected chi connectivity index (χ3v) is 3.97. The van der Waals surface area contributed by atoms with Crippen molar-refractivity contribution < 1.29 is 55.1 Å². The number of rotatable bonds is 4. The lowest BCUT2D eigenvalue weighted by atomic mass is 9.98. The average molecular weight is 342 g/mol. The van der Waals surface area contributed by atoms with Gasteiger partial charge in [-0.05, 0) is 0 Å². The Morgan fingerprint density at radius 1 is 0.565 bits per heavy atom. The van der Waals surface area contributed by atoms with Gasteiger partial charge in [-0.2, -0.15) is 0 Å². The molecule has 8 N–H and O–H groups in total. The molecule has 2 heterocycles. The van der Waals surface area contributed by atoms with E-state index in [9.17, 15) is 30.6 Å². The Morgan fingerprint density at radius 3 is 1.22 bits per heavy atom. The van der Waals surface area contributed by atoms with Crippen LogP contribution in [0.3, 0.4) is 0 Å². The molecule has 2 rings (SSSR count). The second-order valence-electron chi connectivity index (χ2n) is 5.53. The highest BCUT2D eigenvalue weighted by molar-refractivity contribution is 4.92. The summed E-state index contributed by atoms with van der Waals surface area (Å²) >= 11 is 0. The summed E-state index contributed by atoms with van der Waals surface area (Å²) in [6, 6.07) is 0. The predicted octanol–water partition coefficient (Wildman–Crippen LogP) is -5.40. The summed E-state index contributed by atoms with van der Waals surface area (Å²) in [7, 11) is 0. The van der Waals surface area contributed by atoms with Crippen LogP contribution < -0.4 is 0 Å². The minimum absolute atomic E-state index is 0.667. The van der Waals surface area contributed by atoms with Crippen LogP contribution in [0.5, 0.6) is 0 Å². The van der Waals surface area contributed by atoms with E-state index in [0.717, 1.165) is 0 Å². The Balaban J connectivity index is 2.07. The first kappa shape index (κ1) is 18.9. The zero-order valence-corrected chi connectivity index (χ0v) is 12.0. The van der Waals surface area contributed by atoms with Crippen LogP contribution in [0, 0.1) is 0 Å². The van der Waals surface area contributed by atoms with E-state index < -0.39 is 74.6 Å². The molecule has 0 saturated carbocycles. The van der Waals surface area contributed by atoms with Crippen LogP contribution in [0.2, 0.25) is 0 Å². The molecule has 11 heteroatoms. The van der Waals surface area contributed by atoms with Crippen molar-refractivity contribution in [2.75, 3.05) is 13.2 Å². The van der Waals surface area contributed by atoms with Gasteiger partial charge in [-0.1, -0.05) is 0 Å². The number of ether oxygens (including phenoxy) is 3. The second kappa shape index (κ2) is 7.63. The second-order valence-corrected chi connectivity index (χ2v) is 5.53. The lowest BCUT2D eigenvalue weighted by molar-refractivity contribution is -0.376. The summed E-state index contributed by atoms with van der Waals surface area (Å²) in [6.07, 6.45) is -15.6. The smallest absolute Gasteiger partial charge is 0.189 e. The topological polar surface area (TPSA) is 190 Å². The summed E-state index contributed by atoms with van der Waals surface area (Å²) in [6.45, 7) is -1.33. The first-order chi connectivity index (χ1) is 10.8. The third-order valence-electron chi connectivity index (χ3n) is 3.97. The number of hydrogen-bond acceptors (Lipinski definition) is 11. The van der Waals surface area contributed by atoms with E-state index in [0.29, 0.717) is 0 Å². The van der Waals surface area contributed by atoms with Gasteiger partial charge in [-0.25, -0.2) is 0 Å². The first-order valence-electron chi connectivity index (χ1n) is 7.08. The molecule has 11 nitrogen and oxygen atoms in total. The Labute approximate surface area is 130 Å². The van der Waals surface area contributed by atoms with Gasteiger partial charge in [0.15, 0.2) is 12.6 Å². The Bertz CT molecular complexity index is 344. The molecule has 0 aromatic rings. The molecule has 0 amide bonds. The van der Waals surface area contributed by atoms with E-state index in [1.807, 2.05) is 0 Å². The standard InChI is InChI=1S/C12H22O11/c13-1-3-5(15)7(17)9(19)11(21-3)23-12-10(20)8(18)6(16)4(2-14)22-12/h3-20H,1-2H2/t3-,4-,5-,6-,7+,8+,9-,10+,11+,12?/m1/s1. The van der Waals surface area contributed by atoms with Crippen LogP contribution in [0.1, 0.15) is 0 Å². The van der Waals surface area contributed by atoms with Crippen LogP contribution in [-0.2, 0) is 14.2 Å². The number of aliphatic hydroxyl groups is 8. The lowest BCUT2D eigenvalue weighted by Crippen LogP contribution is -2.63. The summed E-state index contributed by atoms with van der Waals surface area (Å²) in [5.74, 6) is 0. The van der Waals surface area contributed by atoms with Gasteiger partial charge in [-0.15, -0.1) is 0 Å². The van der Waals surface area contributed by atoms with Crippen molar-refractivity contribution in [3.63, 3.8) is 0 Å². The minimum Gasteiger partial charge on any atom is -0.394 e. The average Bonchev–Trinajstić information content (AvgIpc) is 2.55. The van der Waals surface area contributed by atoms with E-state index in [2.05, 4.69) is 0 Å². The first-order valence-corrected chi connectivity index (χ1v) is 7.08. The normalized spacial score (nSPS) is 51.7. The lowest BCUT2D eigenvalue weighted by Gasteiger charge is -2.44. The highest BCUT2D eigenvalue weighted by Crippen LogP contribution is 2.27. The van der Waals surface area contributed by atoms with Crippen LogP contribution >= 0.6 is 0 Å². The summed E-state index contributed by atoms with van der Waals surface area (Å²) in [4.78, 5) is 0. The van der Waals surface area contributed by atoms with Gasteiger partial charge in [0, 0.05) is 0 Å². The molecule has 2 saturated heterocycles. The van der Waals surface area contributed by atoms with E-state index in [4.69, 9.17) is 24.4 Å². The molecule has 0 aliphatic carbocycles. The fourth-order valence-corrected chi connectivity index (χ4v) is 2.49. The molecule has 0 aromatic carbocycles. The molecule has 10 atom stereocenters. The Kier molecular flexibility index (Phi) is 6.27. The van der Waals surface area contributed by atoms with Gasteiger partial charge in [0.2, 0.25) is 0 Å². The van der Waals surface area contributed by atoms with Crippen LogP contribution in [-0.4, -0.2) is 115 Å². The van der Waals surface area contributed by atoms with Crippen LogP contribution in [0.4, 0.5) is 0 Å². The quantitative estimate of drug-likeness (QED) is 0.243. The molecule has 2 aliphatic rings. The van der Waals surface area contributed by atoms with E-state index >= 15 is 0 Å². The fourth-order valence-electron chi connectivity index (χ4n) is 2.49. The highest BCUT2D eigenvalue weighted by Gasteiger charge is 2.49. The van der Waals surface area contributed by atoms with Crippen molar-refractivity contribution >= 4 is 0 Å². The van der Waals surface area contributed by atoms with Gasteiger partial charge in [0.25, 0.3) is 0 Å². The SMILES string of the molecule is OC[C@H]1O[C@@H](OC2O[C@H](CO)[C@@H](O)[C@H](O)[C@@H]2O)[C@H](O)[C@@H](O)[C@@H]1O. The Hall–Kier alpha value is -0.440. The van der Waals surface area contributed by atoms with Crippen molar-refractivity contribution in [2.45, 2.75) is 61.4 Å². The maximum absolute atomic E-state index is 9.84. The van der Waals surface area contributed by atoms with Gasteiger partial charge in [0.1, 0.15) is 48.8 Å². The van der Waals surface area contributed by atoms with Gasteiger partial charge < -0.3 is 55.1 Å². The van der Waals surface area contributed by atoms with Crippen molar-refractivity contribution in [3.8, 4) is 0 Å². The number of aliphatic hydroxyl groups excluding tert-OH is 8. The van der Waals surface area contributed by atoms with Crippen molar-refractivity contribution in [3.05, 3.63) is 0 Å². The van der Waals surface area contributed by atoms with Crippen molar-refractivity contribution in [2.24, 2.45) is 0 Å². The molecular weight excluding hydrogens is 320 g/mol.